The number of carbonyl (C=O) groups is 2. The average molecular weight is 407 g/mol. The number of carbonyl (C=O) groups excluding carboxylic acids is 1. The molecule has 3 atom stereocenters. The zero-order valence-corrected chi connectivity index (χ0v) is 16.5. The second-order valence-corrected chi connectivity index (χ2v) is 8.46. The van der Waals surface area contributed by atoms with Gasteiger partial charge in [-0.25, -0.2) is 13.6 Å². The summed E-state index contributed by atoms with van der Waals surface area (Å²) in [6.45, 7) is 3.86. The van der Waals surface area contributed by atoms with Crippen molar-refractivity contribution in [3.05, 3.63) is 34.9 Å². The van der Waals surface area contributed by atoms with Gasteiger partial charge in [0, 0.05) is 31.8 Å². The summed E-state index contributed by atoms with van der Waals surface area (Å²) in [5.74, 6) is -1.87. The number of allylic oxidation sites excluding steroid dienone is 1. The van der Waals surface area contributed by atoms with Gasteiger partial charge in [-0.2, -0.15) is 0 Å². The quantitative estimate of drug-likeness (QED) is 0.500. The molecule has 4 aliphatic rings. The Morgan fingerprint density at radius 1 is 1.34 bits per heavy atom. The van der Waals surface area contributed by atoms with Crippen LogP contribution in [0, 0.1) is 17.8 Å². The van der Waals surface area contributed by atoms with E-state index in [1.54, 1.807) is 6.08 Å². The first-order chi connectivity index (χ1) is 13.9. The Morgan fingerprint density at radius 2 is 2.10 bits per heavy atom. The summed E-state index contributed by atoms with van der Waals surface area (Å²) in [5.41, 5.74) is 1.05. The molecule has 0 aromatic carbocycles. The number of carboxylic acid groups (broad SMARTS) is 1. The number of hydrogen-bond acceptors (Lipinski definition) is 4. The van der Waals surface area contributed by atoms with Crippen molar-refractivity contribution >= 4 is 11.9 Å². The number of alkyl halides is 1. The molecule has 6 nitrogen and oxygen atoms in total. The topological polar surface area (TPSA) is 72.9 Å². The third-order valence-corrected chi connectivity index (χ3v) is 6.49. The van der Waals surface area contributed by atoms with Crippen molar-refractivity contribution in [3.63, 3.8) is 0 Å². The van der Waals surface area contributed by atoms with Gasteiger partial charge in [0.25, 0.3) is 5.91 Å². The fourth-order valence-corrected chi connectivity index (χ4v) is 4.97. The normalized spacial score (nSPS) is 29.8. The van der Waals surface area contributed by atoms with Crippen molar-refractivity contribution in [2.45, 2.75) is 32.2 Å². The summed E-state index contributed by atoms with van der Waals surface area (Å²) >= 11 is 0. The highest BCUT2D eigenvalue weighted by molar-refractivity contribution is 6.16. The van der Waals surface area contributed by atoms with E-state index in [0.29, 0.717) is 43.7 Å². The second-order valence-electron chi connectivity index (χ2n) is 8.46. The van der Waals surface area contributed by atoms with Crippen LogP contribution in [0.15, 0.2) is 34.9 Å². The van der Waals surface area contributed by atoms with Gasteiger partial charge in [-0.1, -0.05) is 6.08 Å². The van der Waals surface area contributed by atoms with E-state index in [1.165, 1.54) is 11.1 Å². The van der Waals surface area contributed by atoms with Crippen LogP contribution in [0.1, 0.15) is 26.2 Å². The van der Waals surface area contributed by atoms with E-state index >= 15 is 4.39 Å². The van der Waals surface area contributed by atoms with Gasteiger partial charge in [0.15, 0.2) is 5.83 Å². The van der Waals surface area contributed by atoms with E-state index in [0.717, 1.165) is 24.8 Å². The van der Waals surface area contributed by atoms with Gasteiger partial charge < -0.3 is 20.2 Å². The fourth-order valence-electron chi connectivity index (χ4n) is 4.97. The molecule has 2 unspecified atom stereocenters. The lowest BCUT2D eigenvalue weighted by Crippen LogP contribution is -2.50. The van der Waals surface area contributed by atoms with Gasteiger partial charge in [-0.15, -0.1) is 0 Å². The molecule has 1 saturated heterocycles. The van der Waals surface area contributed by atoms with Gasteiger partial charge in [-0.05, 0) is 50.1 Å². The van der Waals surface area contributed by atoms with Crippen molar-refractivity contribution in [2.24, 2.45) is 17.8 Å². The third kappa shape index (κ3) is 3.70. The summed E-state index contributed by atoms with van der Waals surface area (Å²) in [4.78, 5) is 27.5. The molecule has 2 N–H and O–H groups in total. The summed E-state index contributed by atoms with van der Waals surface area (Å²) < 4.78 is 27.4. The molecule has 2 fully saturated rings. The van der Waals surface area contributed by atoms with Crippen molar-refractivity contribution in [1.82, 2.24) is 15.1 Å². The predicted octanol–water partition coefficient (Wildman–Crippen LogP) is 2.21. The molecule has 0 radical (unpaired) electrons. The Balaban J connectivity index is 1.61. The summed E-state index contributed by atoms with van der Waals surface area (Å²) in [5, 5.41) is 12.5. The van der Waals surface area contributed by atoms with E-state index in [4.69, 9.17) is 0 Å². The van der Waals surface area contributed by atoms with Crippen LogP contribution in [0.2, 0.25) is 0 Å². The molecule has 0 aromatic heterocycles. The molecule has 0 bridgehead atoms. The smallest absolute Gasteiger partial charge is 0.341 e. The third-order valence-electron chi connectivity index (χ3n) is 6.49. The van der Waals surface area contributed by atoms with Crippen LogP contribution in [-0.4, -0.2) is 65.7 Å². The summed E-state index contributed by atoms with van der Waals surface area (Å²) in [6, 6.07) is -0.337. The van der Waals surface area contributed by atoms with E-state index in [1.807, 2.05) is 11.8 Å². The Bertz CT molecular complexity index is 803. The summed E-state index contributed by atoms with van der Waals surface area (Å²) in [7, 11) is 0. The number of hydrogen-bond donors (Lipinski definition) is 2. The Morgan fingerprint density at radius 3 is 2.76 bits per heavy atom. The SMILES string of the molecule is CC1=C(N2CC[C@@H](CNCCF)C2)C(F)=CN2C(=O)C(C(=O)O)=CC(C3CC3)C12. The van der Waals surface area contributed by atoms with Crippen molar-refractivity contribution < 1.29 is 23.5 Å². The van der Waals surface area contributed by atoms with Gasteiger partial charge in [0.2, 0.25) is 0 Å². The number of halogens is 2. The minimum Gasteiger partial charge on any atom is -0.478 e. The van der Waals surface area contributed by atoms with Crippen molar-refractivity contribution in [3.8, 4) is 0 Å². The molecule has 0 aromatic rings. The van der Waals surface area contributed by atoms with E-state index in [2.05, 4.69) is 5.32 Å². The lowest BCUT2D eigenvalue weighted by atomic mass is 9.81. The molecular weight excluding hydrogens is 380 g/mol. The van der Waals surface area contributed by atoms with Crippen molar-refractivity contribution in [2.75, 3.05) is 32.9 Å². The Hall–Kier alpha value is -2.22. The minimum absolute atomic E-state index is 0.109. The standard InChI is InChI=1S/C21H27F2N3O3/c1-12-18-15(14-2-3-14)8-16(21(28)29)20(27)26(18)11-17(23)19(12)25-7-4-13(10-25)9-24-6-5-22/h8,11,13-15,18,24H,2-7,9-10H2,1H3,(H,28,29)/t13-,15?,18?/m0/s1. The molecule has 3 aliphatic heterocycles. The van der Waals surface area contributed by atoms with E-state index in [9.17, 15) is 19.1 Å². The molecule has 4 rings (SSSR count). The number of fused-ring (bicyclic) bond motifs is 1. The molecule has 0 spiro atoms. The Kier molecular flexibility index (Phi) is 5.46. The molecule has 1 amide bonds. The zero-order chi connectivity index (χ0) is 20.7. The average Bonchev–Trinajstić information content (AvgIpc) is 3.42. The van der Waals surface area contributed by atoms with E-state index in [-0.39, 0.29) is 17.5 Å². The molecular formula is C21H27F2N3O3. The molecule has 1 aliphatic carbocycles. The number of carboxylic acids is 1. The minimum atomic E-state index is -1.26. The number of likely N-dealkylation sites (tertiary alicyclic amines) is 1. The molecule has 29 heavy (non-hydrogen) atoms. The summed E-state index contributed by atoms with van der Waals surface area (Å²) in [6.07, 6.45) is 5.66. The second kappa shape index (κ2) is 7.89. The predicted molar refractivity (Wildman–Crippen MR) is 103 cm³/mol. The number of nitrogens with zero attached hydrogens (tertiary/aromatic N) is 2. The highest BCUT2D eigenvalue weighted by atomic mass is 19.1. The largest absolute Gasteiger partial charge is 0.478 e. The number of aliphatic carboxylic acids is 1. The first-order valence-corrected chi connectivity index (χ1v) is 10.3. The number of rotatable bonds is 7. The van der Waals surface area contributed by atoms with Gasteiger partial charge in [0.05, 0.1) is 11.7 Å². The lowest BCUT2D eigenvalue weighted by molar-refractivity contribution is -0.138. The van der Waals surface area contributed by atoms with Crippen LogP contribution in [-0.2, 0) is 9.59 Å². The lowest BCUT2D eigenvalue weighted by Gasteiger charge is -2.43. The molecule has 1 saturated carbocycles. The van der Waals surface area contributed by atoms with Crippen molar-refractivity contribution in [1.29, 1.82) is 0 Å². The van der Waals surface area contributed by atoms with Gasteiger partial charge >= 0.3 is 5.97 Å². The highest BCUT2D eigenvalue weighted by Gasteiger charge is 2.48. The molecule has 3 heterocycles. The number of amides is 1. The molecule has 8 heteroatoms. The first kappa shape index (κ1) is 20.1. The van der Waals surface area contributed by atoms with Gasteiger partial charge in [-0.3, -0.25) is 4.79 Å². The van der Waals surface area contributed by atoms with Crippen LogP contribution in [0.3, 0.4) is 0 Å². The van der Waals surface area contributed by atoms with Crippen LogP contribution in [0.25, 0.3) is 0 Å². The maximum absolute atomic E-state index is 15.1. The van der Waals surface area contributed by atoms with Crippen LogP contribution in [0.4, 0.5) is 8.78 Å². The van der Waals surface area contributed by atoms with Gasteiger partial charge in [0.1, 0.15) is 12.2 Å². The maximum atomic E-state index is 15.1. The molecule has 158 valence electrons. The van der Waals surface area contributed by atoms with Crippen LogP contribution in [0.5, 0.6) is 0 Å². The zero-order valence-electron chi connectivity index (χ0n) is 16.5. The van der Waals surface area contributed by atoms with Crippen LogP contribution < -0.4 is 5.32 Å². The number of nitrogens with one attached hydrogen (secondary N) is 1. The maximum Gasteiger partial charge on any atom is 0.341 e. The van der Waals surface area contributed by atoms with E-state index < -0.39 is 24.4 Å². The fraction of sp³-hybridized carbons (Fsp3) is 0.619. The monoisotopic (exact) mass is 407 g/mol. The Labute approximate surface area is 168 Å². The first-order valence-electron chi connectivity index (χ1n) is 10.3. The van der Waals surface area contributed by atoms with Crippen LogP contribution >= 0.6 is 0 Å². The highest BCUT2D eigenvalue weighted by Crippen LogP contribution is 2.47.